The molecular weight excluding hydrogens is 506 g/mol. The Labute approximate surface area is 226 Å². The van der Waals surface area contributed by atoms with Crippen LogP contribution in [0.15, 0.2) is 70.2 Å². The van der Waals surface area contributed by atoms with Gasteiger partial charge in [0.15, 0.2) is 16.7 Å². The second-order valence-electron chi connectivity index (χ2n) is 8.38. The number of hydrogen-bond donors (Lipinski definition) is 1. The van der Waals surface area contributed by atoms with Crippen molar-refractivity contribution in [2.45, 2.75) is 19.4 Å². The maximum atomic E-state index is 13.6. The molecule has 10 heteroatoms. The van der Waals surface area contributed by atoms with Crippen LogP contribution < -0.4 is 14.8 Å². The van der Waals surface area contributed by atoms with Crippen LogP contribution in [0.1, 0.15) is 30.5 Å². The Bertz CT molecular complexity index is 1270. The molecule has 0 aromatic heterocycles. The third kappa shape index (κ3) is 5.71. The van der Waals surface area contributed by atoms with Crippen molar-refractivity contribution in [2.75, 3.05) is 41.1 Å². The van der Waals surface area contributed by atoms with Crippen molar-refractivity contribution in [3.05, 3.63) is 76.3 Å². The Morgan fingerprint density at radius 1 is 1.05 bits per heavy atom. The van der Waals surface area contributed by atoms with E-state index >= 15 is 0 Å². The summed E-state index contributed by atoms with van der Waals surface area (Å²) in [7, 11) is 4.72. The molecule has 0 saturated heterocycles. The molecule has 0 spiro atoms. The molecule has 2 aliphatic rings. The average Bonchev–Trinajstić information content (AvgIpc) is 3.34. The first-order valence-electron chi connectivity index (χ1n) is 12.2. The van der Waals surface area contributed by atoms with E-state index in [4.69, 9.17) is 23.9 Å². The van der Waals surface area contributed by atoms with Crippen molar-refractivity contribution in [1.82, 2.24) is 10.2 Å². The molecule has 2 heterocycles. The van der Waals surface area contributed by atoms with Crippen LogP contribution in [-0.2, 0) is 19.1 Å². The molecule has 200 valence electrons. The number of amides is 1. The van der Waals surface area contributed by atoms with Crippen molar-refractivity contribution in [3.8, 4) is 11.5 Å². The molecule has 2 aliphatic heterocycles. The lowest BCUT2D eigenvalue weighted by Crippen LogP contribution is -2.38. The van der Waals surface area contributed by atoms with E-state index in [1.54, 1.807) is 34.3 Å². The minimum absolute atomic E-state index is 0.107. The number of esters is 1. The van der Waals surface area contributed by atoms with E-state index in [-0.39, 0.29) is 18.9 Å². The second-order valence-corrected chi connectivity index (χ2v) is 9.21. The highest BCUT2D eigenvalue weighted by atomic mass is 32.2. The number of carbonyl (C=O) groups is 2. The average molecular weight is 538 g/mol. The summed E-state index contributed by atoms with van der Waals surface area (Å²) in [5, 5.41) is 5.43. The molecule has 2 aromatic carbocycles. The van der Waals surface area contributed by atoms with Crippen molar-refractivity contribution >= 4 is 34.5 Å². The quantitative estimate of drug-likeness (QED) is 0.338. The molecule has 4 rings (SSSR count). The number of fused-ring (bicyclic) bond motifs is 1. The van der Waals surface area contributed by atoms with Crippen LogP contribution >= 0.6 is 11.8 Å². The van der Waals surface area contributed by atoms with E-state index < -0.39 is 12.0 Å². The fourth-order valence-electron chi connectivity index (χ4n) is 4.35. The Kier molecular flexibility index (Phi) is 9.09. The third-order valence-electron chi connectivity index (χ3n) is 6.05. The zero-order chi connectivity index (χ0) is 27.1. The van der Waals surface area contributed by atoms with E-state index in [9.17, 15) is 9.59 Å². The van der Waals surface area contributed by atoms with E-state index in [0.29, 0.717) is 41.1 Å². The van der Waals surface area contributed by atoms with Gasteiger partial charge in [-0.05, 0) is 30.0 Å². The lowest BCUT2D eigenvalue weighted by Gasteiger charge is -2.37. The number of carbonyl (C=O) groups excluding carboxylic acids is 2. The summed E-state index contributed by atoms with van der Waals surface area (Å²) in [6, 6.07) is 14.4. The van der Waals surface area contributed by atoms with Crippen LogP contribution in [-0.4, -0.2) is 63.0 Å². The van der Waals surface area contributed by atoms with Crippen LogP contribution in [0.5, 0.6) is 11.5 Å². The molecule has 0 radical (unpaired) electrons. The van der Waals surface area contributed by atoms with Gasteiger partial charge in [0.05, 0.1) is 51.2 Å². The molecule has 1 N–H and O–H groups in total. The number of aliphatic imine (C=N–C) groups is 1. The van der Waals surface area contributed by atoms with Gasteiger partial charge < -0.3 is 29.2 Å². The first-order valence-corrected chi connectivity index (χ1v) is 13.1. The highest BCUT2D eigenvalue weighted by Gasteiger charge is 2.42. The monoisotopic (exact) mass is 537 g/mol. The highest BCUT2D eigenvalue weighted by Crippen LogP contribution is 2.48. The molecule has 9 nitrogen and oxygen atoms in total. The van der Waals surface area contributed by atoms with Gasteiger partial charge in [0.2, 0.25) is 5.91 Å². The second kappa shape index (κ2) is 12.7. The minimum Gasteiger partial charge on any atom is -0.493 e. The smallest absolute Gasteiger partial charge is 0.338 e. The molecular formula is C28H31N3O6S. The van der Waals surface area contributed by atoms with Crippen LogP contribution in [0.2, 0.25) is 0 Å². The lowest BCUT2D eigenvalue weighted by atomic mass is 9.91. The van der Waals surface area contributed by atoms with Crippen molar-refractivity contribution in [3.63, 3.8) is 0 Å². The van der Waals surface area contributed by atoms with E-state index in [1.807, 2.05) is 52.8 Å². The summed E-state index contributed by atoms with van der Waals surface area (Å²) in [5.74, 6) is 0.453. The van der Waals surface area contributed by atoms with Gasteiger partial charge >= 0.3 is 5.97 Å². The third-order valence-corrected chi connectivity index (χ3v) is 6.93. The molecule has 38 heavy (non-hydrogen) atoms. The van der Waals surface area contributed by atoms with Gasteiger partial charge in [0.1, 0.15) is 0 Å². The predicted octanol–water partition coefficient (Wildman–Crippen LogP) is 4.13. The SMILES string of the molecule is CCOC(=O)C1=C(c2ccccc2)N=C2SC=C(CC(=O)NCCOC)N2C1c1ccc(OC)c(OC)c1. The molecule has 1 amide bonds. The maximum Gasteiger partial charge on any atom is 0.338 e. The van der Waals surface area contributed by atoms with Gasteiger partial charge in [0, 0.05) is 24.9 Å². The number of rotatable bonds is 11. The largest absolute Gasteiger partial charge is 0.493 e. The van der Waals surface area contributed by atoms with Gasteiger partial charge in [-0.2, -0.15) is 0 Å². The molecule has 1 unspecified atom stereocenters. The normalized spacial score (nSPS) is 16.4. The first-order chi connectivity index (χ1) is 18.5. The van der Waals surface area contributed by atoms with Crippen molar-refractivity contribution in [2.24, 2.45) is 4.99 Å². The van der Waals surface area contributed by atoms with Gasteiger partial charge in [-0.3, -0.25) is 4.79 Å². The summed E-state index contributed by atoms with van der Waals surface area (Å²) >= 11 is 1.41. The summed E-state index contributed by atoms with van der Waals surface area (Å²) < 4.78 is 21.6. The Morgan fingerprint density at radius 2 is 1.82 bits per heavy atom. The van der Waals surface area contributed by atoms with E-state index in [0.717, 1.165) is 16.8 Å². The van der Waals surface area contributed by atoms with Gasteiger partial charge in [-0.15, -0.1) is 0 Å². The number of amidine groups is 1. The van der Waals surface area contributed by atoms with Crippen LogP contribution in [0.3, 0.4) is 0 Å². The molecule has 0 aliphatic carbocycles. The number of methoxy groups -OCH3 is 3. The van der Waals surface area contributed by atoms with Crippen molar-refractivity contribution < 1.29 is 28.5 Å². The molecule has 0 fully saturated rings. The standard InChI is InChI=1S/C28H31N3O6S/c1-5-37-27(33)24-25(18-9-7-6-8-10-18)30-28-31(20(17-38-28)16-23(32)29-13-14-34-2)26(24)19-11-12-21(35-3)22(15-19)36-4/h6-12,15,17,26H,5,13-14,16H2,1-4H3,(H,29,32). The van der Waals surface area contributed by atoms with E-state index in [2.05, 4.69) is 5.32 Å². The maximum absolute atomic E-state index is 13.6. The number of thioether (sulfide) groups is 1. The number of ether oxygens (including phenoxy) is 4. The summed E-state index contributed by atoms with van der Waals surface area (Å²) in [6.45, 7) is 2.80. The van der Waals surface area contributed by atoms with Crippen LogP contribution in [0, 0.1) is 0 Å². The van der Waals surface area contributed by atoms with Crippen molar-refractivity contribution in [1.29, 1.82) is 0 Å². The zero-order valence-corrected chi connectivity index (χ0v) is 22.7. The van der Waals surface area contributed by atoms with Gasteiger partial charge in [-0.1, -0.05) is 48.2 Å². The summed E-state index contributed by atoms with van der Waals surface area (Å²) in [4.78, 5) is 33.2. The Balaban J connectivity index is 1.86. The number of nitrogens with one attached hydrogen (secondary N) is 1. The van der Waals surface area contributed by atoms with Gasteiger partial charge in [0.25, 0.3) is 0 Å². The van der Waals surface area contributed by atoms with Crippen LogP contribution in [0.25, 0.3) is 5.70 Å². The fraction of sp³-hybridized carbons (Fsp3) is 0.321. The topological polar surface area (TPSA) is 98.7 Å². The number of nitrogens with zero attached hydrogens (tertiary/aromatic N) is 2. The highest BCUT2D eigenvalue weighted by molar-refractivity contribution is 8.16. The zero-order valence-electron chi connectivity index (χ0n) is 21.9. The Morgan fingerprint density at radius 3 is 2.50 bits per heavy atom. The van der Waals surface area contributed by atoms with Crippen LogP contribution in [0.4, 0.5) is 0 Å². The predicted molar refractivity (Wildman–Crippen MR) is 147 cm³/mol. The summed E-state index contributed by atoms with van der Waals surface area (Å²) in [6.07, 6.45) is 0.107. The first kappa shape index (κ1) is 27.3. The molecule has 0 bridgehead atoms. The minimum atomic E-state index is -0.621. The summed E-state index contributed by atoms with van der Waals surface area (Å²) in [5.41, 5.74) is 3.18. The molecule has 2 aromatic rings. The Hall–Kier alpha value is -3.76. The lowest BCUT2D eigenvalue weighted by molar-refractivity contribution is -0.139. The van der Waals surface area contributed by atoms with Gasteiger partial charge in [-0.25, -0.2) is 9.79 Å². The molecule has 0 saturated carbocycles. The number of hydrogen-bond acceptors (Lipinski definition) is 9. The fourth-order valence-corrected chi connectivity index (χ4v) is 5.26. The molecule has 1 atom stereocenters. The van der Waals surface area contributed by atoms with E-state index in [1.165, 1.54) is 11.8 Å². The number of benzene rings is 2.